The second kappa shape index (κ2) is 4.82. The average molecular weight is 228 g/mol. The summed E-state index contributed by atoms with van der Waals surface area (Å²) in [5.74, 6) is 0. The van der Waals surface area contributed by atoms with Crippen LogP contribution in [0.25, 0.3) is 0 Å². The van der Waals surface area contributed by atoms with Gasteiger partial charge in [-0.1, -0.05) is 11.8 Å². The molecule has 15 heavy (non-hydrogen) atoms. The van der Waals surface area contributed by atoms with Crippen LogP contribution in [0.15, 0.2) is 10.1 Å². The topological polar surface area (TPSA) is 78.0 Å². The zero-order valence-corrected chi connectivity index (χ0v) is 9.33. The van der Waals surface area contributed by atoms with Crippen LogP contribution in [0.2, 0.25) is 0 Å². The Morgan fingerprint density at radius 3 is 3.00 bits per heavy atom. The van der Waals surface area contributed by atoms with E-state index >= 15 is 0 Å². The van der Waals surface area contributed by atoms with Crippen LogP contribution in [0.1, 0.15) is 0 Å². The highest BCUT2D eigenvalue weighted by Crippen LogP contribution is 2.22. The quantitative estimate of drug-likeness (QED) is 0.518. The maximum absolute atomic E-state index is 5.75. The Bertz CT molecular complexity index is 262. The van der Waals surface area contributed by atoms with Gasteiger partial charge in [0.2, 0.25) is 0 Å². The van der Waals surface area contributed by atoms with E-state index < -0.39 is 0 Å². The van der Waals surface area contributed by atoms with Crippen LogP contribution in [0, 0.1) is 0 Å². The summed E-state index contributed by atoms with van der Waals surface area (Å²) in [5, 5.41) is 8.61. The number of hydrazone groups is 1. The normalized spacial score (nSPS) is 28.2. The van der Waals surface area contributed by atoms with Crippen molar-refractivity contribution in [1.82, 2.24) is 15.6 Å². The van der Waals surface area contributed by atoms with E-state index in [0.717, 1.165) is 31.3 Å². The fourth-order valence-electron chi connectivity index (χ4n) is 1.53. The zero-order chi connectivity index (χ0) is 10.7. The molecule has 0 radical (unpaired) electrons. The Balaban J connectivity index is 1.87. The number of nitrogens with one attached hydrogen (secondary N) is 2. The third-order valence-corrected chi connectivity index (χ3v) is 3.63. The molecule has 2 aliphatic heterocycles. The lowest BCUT2D eigenvalue weighted by molar-refractivity contribution is 0.362. The highest BCUT2D eigenvalue weighted by molar-refractivity contribution is 8.14. The molecule has 2 atom stereocenters. The van der Waals surface area contributed by atoms with Crippen LogP contribution in [0.3, 0.4) is 0 Å². The van der Waals surface area contributed by atoms with Crippen LogP contribution in [-0.2, 0) is 0 Å². The van der Waals surface area contributed by atoms with Gasteiger partial charge in [-0.2, -0.15) is 5.10 Å². The van der Waals surface area contributed by atoms with Gasteiger partial charge in [-0.3, -0.25) is 10.4 Å². The first-order valence-corrected chi connectivity index (χ1v) is 5.86. The van der Waals surface area contributed by atoms with Crippen LogP contribution in [0.5, 0.6) is 0 Å². The average Bonchev–Trinajstić information content (AvgIpc) is 2.78. The number of amidine groups is 1. The molecule has 0 aromatic rings. The Morgan fingerprint density at radius 2 is 2.33 bits per heavy atom. The predicted octanol–water partition coefficient (Wildman–Crippen LogP) is -1.19. The van der Waals surface area contributed by atoms with Gasteiger partial charge in [-0.15, -0.1) is 0 Å². The zero-order valence-electron chi connectivity index (χ0n) is 8.52. The lowest BCUT2D eigenvalue weighted by Crippen LogP contribution is -2.45. The monoisotopic (exact) mass is 228 g/mol. The van der Waals surface area contributed by atoms with Gasteiger partial charge in [-0.05, 0) is 6.72 Å². The van der Waals surface area contributed by atoms with E-state index in [-0.39, 0.29) is 11.5 Å². The van der Waals surface area contributed by atoms with Gasteiger partial charge < -0.3 is 16.0 Å². The smallest absolute Gasteiger partial charge is 0.185 e. The highest BCUT2D eigenvalue weighted by atomic mass is 32.2. The molecule has 6 nitrogen and oxygen atoms in total. The number of nitrogens with zero attached hydrogens (tertiary/aromatic N) is 3. The van der Waals surface area contributed by atoms with Crippen molar-refractivity contribution in [2.24, 2.45) is 15.8 Å². The second-order valence-electron chi connectivity index (χ2n) is 3.47. The van der Waals surface area contributed by atoms with E-state index in [0.29, 0.717) is 0 Å². The number of aliphatic imine (C=N–C) groups is 1. The molecule has 0 aliphatic carbocycles. The summed E-state index contributed by atoms with van der Waals surface area (Å²) in [6, 6.07) is 0. The van der Waals surface area contributed by atoms with Crippen LogP contribution < -0.4 is 16.5 Å². The number of nitrogens with two attached hydrogens (primary N) is 1. The van der Waals surface area contributed by atoms with Crippen molar-refractivity contribution < 1.29 is 0 Å². The van der Waals surface area contributed by atoms with Gasteiger partial charge in [0.15, 0.2) is 5.17 Å². The first-order chi connectivity index (χ1) is 7.31. The molecule has 0 aromatic carbocycles. The minimum atomic E-state index is -0.306. The number of hydrogen-bond acceptors (Lipinski definition) is 7. The van der Waals surface area contributed by atoms with Gasteiger partial charge in [0.1, 0.15) is 11.5 Å². The first kappa shape index (κ1) is 10.7. The molecule has 0 bridgehead atoms. The molecule has 0 amide bonds. The predicted molar refractivity (Wildman–Crippen MR) is 63.9 cm³/mol. The van der Waals surface area contributed by atoms with Crippen molar-refractivity contribution in [3.8, 4) is 0 Å². The standard InChI is InChI=1S/C8H16N6S/c1-10-6(9)7-12-13-8(15-7)14-4-2-11-3-5-14/h6-7,11-12H,1-5,9H2. The molecular weight excluding hydrogens is 212 g/mol. The van der Waals surface area contributed by atoms with Gasteiger partial charge in [-0.25, -0.2) is 0 Å². The molecule has 1 fully saturated rings. The highest BCUT2D eigenvalue weighted by Gasteiger charge is 2.28. The second-order valence-corrected chi connectivity index (χ2v) is 4.58. The number of hydrogen-bond donors (Lipinski definition) is 3. The van der Waals surface area contributed by atoms with Crippen molar-refractivity contribution >= 4 is 23.6 Å². The van der Waals surface area contributed by atoms with E-state index in [9.17, 15) is 0 Å². The van der Waals surface area contributed by atoms with E-state index in [1.54, 1.807) is 11.8 Å². The van der Waals surface area contributed by atoms with Crippen molar-refractivity contribution in [2.45, 2.75) is 11.5 Å². The van der Waals surface area contributed by atoms with E-state index in [1.165, 1.54) is 0 Å². The summed E-state index contributed by atoms with van der Waals surface area (Å²) in [6.45, 7) is 7.45. The maximum Gasteiger partial charge on any atom is 0.185 e. The third kappa shape index (κ3) is 2.42. The Kier molecular flexibility index (Phi) is 3.45. The largest absolute Gasteiger partial charge is 0.347 e. The van der Waals surface area contributed by atoms with Gasteiger partial charge in [0.25, 0.3) is 0 Å². The number of rotatable bonds is 2. The van der Waals surface area contributed by atoms with Crippen LogP contribution in [0.4, 0.5) is 0 Å². The van der Waals surface area contributed by atoms with Gasteiger partial charge in [0.05, 0.1) is 0 Å². The molecule has 0 aromatic heterocycles. The van der Waals surface area contributed by atoms with Crippen molar-refractivity contribution in [2.75, 3.05) is 26.2 Å². The van der Waals surface area contributed by atoms with Gasteiger partial charge >= 0.3 is 0 Å². The minimum Gasteiger partial charge on any atom is -0.347 e. The fourth-order valence-corrected chi connectivity index (χ4v) is 2.52. The Hall–Kier alpha value is -0.790. The fraction of sp³-hybridized carbons (Fsp3) is 0.750. The van der Waals surface area contributed by atoms with Gasteiger partial charge in [0, 0.05) is 26.2 Å². The number of thioether (sulfide) groups is 1. The molecule has 7 heteroatoms. The molecule has 2 rings (SSSR count). The van der Waals surface area contributed by atoms with Crippen molar-refractivity contribution in [3.05, 3.63) is 0 Å². The number of piperazine rings is 1. The summed E-state index contributed by atoms with van der Waals surface area (Å²) in [4.78, 5) is 6.04. The van der Waals surface area contributed by atoms with Crippen LogP contribution >= 0.6 is 11.8 Å². The molecule has 2 heterocycles. The minimum absolute atomic E-state index is 0.0207. The Morgan fingerprint density at radius 1 is 1.60 bits per heavy atom. The summed E-state index contributed by atoms with van der Waals surface area (Å²) in [6.07, 6.45) is -0.306. The third-order valence-electron chi connectivity index (χ3n) is 2.43. The maximum atomic E-state index is 5.75. The first-order valence-electron chi connectivity index (χ1n) is 4.98. The summed E-state index contributed by atoms with van der Waals surface area (Å²) < 4.78 is 0. The molecule has 1 saturated heterocycles. The van der Waals surface area contributed by atoms with Crippen LogP contribution in [-0.4, -0.2) is 54.5 Å². The van der Waals surface area contributed by atoms with E-state index in [2.05, 4.69) is 32.5 Å². The lowest BCUT2D eigenvalue weighted by atomic mass is 10.4. The summed E-state index contributed by atoms with van der Waals surface area (Å²) >= 11 is 1.63. The van der Waals surface area contributed by atoms with Crippen molar-refractivity contribution in [1.29, 1.82) is 0 Å². The molecule has 2 unspecified atom stereocenters. The molecule has 4 N–H and O–H groups in total. The molecular formula is C8H16N6S. The molecule has 84 valence electrons. The molecule has 0 saturated carbocycles. The molecule has 2 aliphatic rings. The Labute approximate surface area is 93.4 Å². The molecule has 0 spiro atoms. The van der Waals surface area contributed by atoms with E-state index in [4.69, 9.17) is 5.73 Å². The van der Waals surface area contributed by atoms with Crippen molar-refractivity contribution in [3.63, 3.8) is 0 Å². The SMILES string of the molecule is C=NC(N)C1NN=C(N2CCNCC2)S1. The summed E-state index contributed by atoms with van der Waals surface area (Å²) in [7, 11) is 0. The van der Waals surface area contributed by atoms with E-state index in [1.807, 2.05) is 0 Å². The lowest BCUT2D eigenvalue weighted by Gasteiger charge is -2.28. The summed E-state index contributed by atoms with van der Waals surface area (Å²) in [5.41, 5.74) is 8.74.